The van der Waals surface area contributed by atoms with Gasteiger partial charge in [-0.1, -0.05) is 6.07 Å². The fraction of sp³-hybridized carbons (Fsp3) is 0.429. The SMILES string of the molecule is COc1c(C)cnc(CN(C)C(=O)COc2ccc3c(c2)CCC3)c1C. The third kappa shape index (κ3) is 3.82. The predicted molar refractivity (Wildman–Crippen MR) is 101 cm³/mol. The van der Waals surface area contributed by atoms with Gasteiger partial charge < -0.3 is 14.4 Å². The Bertz CT molecular complexity index is 817. The number of amides is 1. The maximum absolute atomic E-state index is 12.4. The molecule has 1 aliphatic carbocycles. The van der Waals surface area contributed by atoms with Crippen molar-refractivity contribution in [1.29, 1.82) is 0 Å². The van der Waals surface area contributed by atoms with Crippen LogP contribution in [0.3, 0.4) is 0 Å². The Morgan fingerprint density at radius 2 is 2.00 bits per heavy atom. The third-order valence-corrected chi connectivity index (χ3v) is 4.99. The molecule has 1 heterocycles. The predicted octanol–water partition coefficient (Wildman–Crippen LogP) is 3.23. The van der Waals surface area contributed by atoms with Gasteiger partial charge in [-0.2, -0.15) is 0 Å². The van der Waals surface area contributed by atoms with E-state index < -0.39 is 0 Å². The number of carbonyl (C=O) groups is 1. The van der Waals surface area contributed by atoms with Crippen LogP contribution in [0.15, 0.2) is 24.4 Å². The van der Waals surface area contributed by atoms with Gasteiger partial charge >= 0.3 is 0 Å². The quantitative estimate of drug-likeness (QED) is 0.799. The molecule has 1 aliphatic rings. The number of carbonyl (C=O) groups excluding carboxylic acids is 1. The van der Waals surface area contributed by atoms with E-state index in [9.17, 15) is 4.79 Å². The second-order valence-electron chi connectivity index (χ2n) is 6.87. The highest BCUT2D eigenvalue weighted by molar-refractivity contribution is 5.77. The van der Waals surface area contributed by atoms with Crippen molar-refractivity contribution in [3.05, 3.63) is 52.3 Å². The molecule has 0 atom stereocenters. The first-order valence-corrected chi connectivity index (χ1v) is 8.97. The topological polar surface area (TPSA) is 51.7 Å². The number of likely N-dealkylation sites (N-methyl/N-ethyl adjacent to an activating group) is 1. The molecule has 138 valence electrons. The van der Waals surface area contributed by atoms with Crippen LogP contribution in [-0.2, 0) is 24.2 Å². The van der Waals surface area contributed by atoms with Crippen molar-refractivity contribution >= 4 is 5.91 Å². The number of aromatic nitrogens is 1. The highest BCUT2D eigenvalue weighted by atomic mass is 16.5. The minimum atomic E-state index is -0.0776. The number of hydrogen-bond acceptors (Lipinski definition) is 4. The van der Waals surface area contributed by atoms with Gasteiger partial charge in [0.1, 0.15) is 11.5 Å². The van der Waals surface area contributed by atoms with Gasteiger partial charge in [0, 0.05) is 24.4 Å². The summed E-state index contributed by atoms with van der Waals surface area (Å²) < 4.78 is 11.1. The molecule has 0 bridgehead atoms. The molecular weight excluding hydrogens is 328 g/mol. The lowest BCUT2D eigenvalue weighted by Gasteiger charge is -2.19. The molecule has 0 unspecified atom stereocenters. The summed E-state index contributed by atoms with van der Waals surface area (Å²) in [4.78, 5) is 18.5. The molecule has 0 spiro atoms. The van der Waals surface area contributed by atoms with Gasteiger partial charge in [-0.05, 0) is 56.4 Å². The molecule has 0 N–H and O–H groups in total. The first kappa shape index (κ1) is 18.2. The van der Waals surface area contributed by atoms with Crippen molar-refractivity contribution in [3.63, 3.8) is 0 Å². The van der Waals surface area contributed by atoms with Crippen LogP contribution in [0.5, 0.6) is 11.5 Å². The average Bonchev–Trinajstić information content (AvgIpc) is 3.10. The second kappa shape index (κ2) is 7.77. The molecule has 1 aromatic carbocycles. The number of pyridine rings is 1. The molecule has 3 rings (SSSR count). The van der Waals surface area contributed by atoms with E-state index in [4.69, 9.17) is 9.47 Å². The maximum atomic E-state index is 12.4. The third-order valence-electron chi connectivity index (χ3n) is 4.99. The Balaban J connectivity index is 1.60. The van der Waals surface area contributed by atoms with Crippen LogP contribution in [0, 0.1) is 13.8 Å². The van der Waals surface area contributed by atoms with E-state index >= 15 is 0 Å². The van der Waals surface area contributed by atoms with Crippen LogP contribution in [0.1, 0.15) is 34.4 Å². The summed E-state index contributed by atoms with van der Waals surface area (Å²) in [6.45, 7) is 4.38. The molecule has 0 saturated carbocycles. The van der Waals surface area contributed by atoms with E-state index in [1.807, 2.05) is 19.9 Å². The van der Waals surface area contributed by atoms with Gasteiger partial charge in [0.25, 0.3) is 5.91 Å². The van der Waals surface area contributed by atoms with Crippen molar-refractivity contribution in [2.75, 3.05) is 20.8 Å². The van der Waals surface area contributed by atoms with Crippen molar-refractivity contribution in [1.82, 2.24) is 9.88 Å². The van der Waals surface area contributed by atoms with Crippen LogP contribution in [0.4, 0.5) is 0 Å². The molecule has 0 aliphatic heterocycles. The average molecular weight is 354 g/mol. The summed E-state index contributed by atoms with van der Waals surface area (Å²) in [6.07, 6.45) is 5.22. The summed E-state index contributed by atoms with van der Waals surface area (Å²) in [5, 5.41) is 0. The van der Waals surface area contributed by atoms with Gasteiger partial charge in [0.05, 0.1) is 19.3 Å². The van der Waals surface area contributed by atoms with E-state index in [0.29, 0.717) is 6.54 Å². The summed E-state index contributed by atoms with van der Waals surface area (Å²) in [5.41, 5.74) is 5.53. The molecule has 5 heteroatoms. The Morgan fingerprint density at radius 1 is 1.23 bits per heavy atom. The summed E-state index contributed by atoms with van der Waals surface area (Å²) in [5.74, 6) is 1.51. The van der Waals surface area contributed by atoms with Gasteiger partial charge in [0.15, 0.2) is 6.61 Å². The van der Waals surface area contributed by atoms with Crippen LogP contribution < -0.4 is 9.47 Å². The molecule has 2 aromatic rings. The van der Waals surface area contributed by atoms with Crippen LogP contribution in [-0.4, -0.2) is 36.6 Å². The zero-order chi connectivity index (χ0) is 18.7. The summed E-state index contributed by atoms with van der Waals surface area (Å²) >= 11 is 0. The molecule has 1 aromatic heterocycles. The Hall–Kier alpha value is -2.56. The lowest BCUT2D eigenvalue weighted by Crippen LogP contribution is -2.31. The van der Waals surface area contributed by atoms with Gasteiger partial charge in [-0.15, -0.1) is 0 Å². The molecule has 1 amide bonds. The van der Waals surface area contributed by atoms with Crippen LogP contribution in [0.2, 0.25) is 0 Å². The number of ether oxygens (including phenoxy) is 2. The molecular formula is C21H26N2O3. The normalized spacial score (nSPS) is 12.6. The minimum absolute atomic E-state index is 0.0251. The summed E-state index contributed by atoms with van der Waals surface area (Å²) in [7, 11) is 3.42. The monoisotopic (exact) mass is 354 g/mol. The number of aryl methyl sites for hydroxylation is 3. The number of benzene rings is 1. The number of rotatable bonds is 6. The van der Waals surface area contributed by atoms with Crippen molar-refractivity contribution in [3.8, 4) is 11.5 Å². The van der Waals surface area contributed by atoms with Gasteiger partial charge in [-0.3, -0.25) is 9.78 Å². The number of hydrogen-bond donors (Lipinski definition) is 0. The van der Waals surface area contributed by atoms with Crippen LogP contribution in [0.25, 0.3) is 0 Å². The number of methoxy groups -OCH3 is 1. The van der Waals surface area contributed by atoms with Gasteiger partial charge in [-0.25, -0.2) is 0 Å². The number of fused-ring (bicyclic) bond motifs is 1. The Morgan fingerprint density at radius 3 is 2.77 bits per heavy atom. The number of nitrogens with zero attached hydrogens (tertiary/aromatic N) is 2. The van der Waals surface area contributed by atoms with E-state index in [-0.39, 0.29) is 12.5 Å². The van der Waals surface area contributed by atoms with E-state index in [1.54, 1.807) is 25.3 Å². The van der Waals surface area contributed by atoms with E-state index in [1.165, 1.54) is 17.5 Å². The van der Waals surface area contributed by atoms with E-state index in [0.717, 1.165) is 41.2 Å². The largest absolute Gasteiger partial charge is 0.496 e. The highest BCUT2D eigenvalue weighted by Gasteiger charge is 2.16. The molecule has 0 saturated heterocycles. The lowest BCUT2D eigenvalue weighted by atomic mass is 10.1. The minimum Gasteiger partial charge on any atom is -0.496 e. The van der Waals surface area contributed by atoms with Gasteiger partial charge in [0.2, 0.25) is 0 Å². The Labute approximate surface area is 155 Å². The second-order valence-corrected chi connectivity index (χ2v) is 6.87. The lowest BCUT2D eigenvalue weighted by molar-refractivity contribution is -0.132. The standard InChI is InChI=1S/C21H26N2O3/c1-14-11-22-19(15(2)21(14)25-4)12-23(3)20(24)13-26-18-9-8-16-6-5-7-17(16)10-18/h8-11H,5-7,12-13H2,1-4H3. The first-order chi connectivity index (χ1) is 12.5. The van der Waals surface area contributed by atoms with Crippen molar-refractivity contribution < 1.29 is 14.3 Å². The maximum Gasteiger partial charge on any atom is 0.260 e. The highest BCUT2D eigenvalue weighted by Crippen LogP contribution is 2.26. The summed E-state index contributed by atoms with van der Waals surface area (Å²) in [6, 6.07) is 6.12. The van der Waals surface area contributed by atoms with Crippen molar-refractivity contribution in [2.24, 2.45) is 0 Å². The smallest absolute Gasteiger partial charge is 0.260 e. The molecule has 0 radical (unpaired) electrons. The zero-order valence-electron chi connectivity index (χ0n) is 16.0. The van der Waals surface area contributed by atoms with Crippen LogP contribution >= 0.6 is 0 Å². The molecule has 0 fully saturated rings. The fourth-order valence-corrected chi connectivity index (χ4v) is 3.44. The first-order valence-electron chi connectivity index (χ1n) is 8.97. The fourth-order valence-electron chi connectivity index (χ4n) is 3.44. The van der Waals surface area contributed by atoms with Crippen molar-refractivity contribution in [2.45, 2.75) is 39.7 Å². The molecule has 5 nitrogen and oxygen atoms in total. The Kier molecular flexibility index (Phi) is 5.45. The zero-order valence-corrected chi connectivity index (χ0v) is 16.0. The van der Waals surface area contributed by atoms with E-state index in [2.05, 4.69) is 17.1 Å². The molecule has 26 heavy (non-hydrogen) atoms.